The summed E-state index contributed by atoms with van der Waals surface area (Å²) in [5, 5.41) is 0. The topological polar surface area (TPSA) is 26.0 Å². The van der Waals surface area contributed by atoms with Crippen molar-refractivity contribution in [2.24, 2.45) is 11.7 Å². The summed E-state index contributed by atoms with van der Waals surface area (Å²) in [6.07, 6.45) is 3.95. The van der Waals surface area contributed by atoms with E-state index in [4.69, 9.17) is 5.73 Å². The molecule has 76 valence electrons. The SMILES string of the molecule is Cc1ccc(Br)cc1[C@@H](N)C1CCC1. The molecule has 0 bridgehead atoms. The molecule has 14 heavy (non-hydrogen) atoms. The van der Waals surface area contributed by atoms with E-state index in [0.717, 1.165) is 4.47 Å². The van der Waals surface area contributed by atoms with Crippen molar-refractivity contribution in [3.63, 3.8) is 0 Å². The van der Waals surface area contributed by atoms with Crippen LogP contribution in [0.4, 0.5) is 0 Å². The second kappa shape index (κ2) is 4.03. The van der Waals surface area contributed by atoms with E-state index >= 15 is 0 Å². The molecular formula is C12H16BrN. The first kappa shape index (κ1) is 10.2. The van der Waals surface area contributed by atoms with Crippen molar-refractivity contribution >= 4 is 15.9 Å². The van der Waals surface area contributed by atoms with Crippen LogP contribution in [0.25, 0.3) is 0 Å². The Balaban J connectivity index is 2.24. The molecule has 0 saturated heterocycles. The van der Waals surface area contributed by atoms with Crippen molar-refractivity contribution < 1.29 is 0 Å². The van der Waals surface area contributed by atoms with Crippen LogP contribution in [0.1, 0.15) is 36.4 Å². The summed E-state index contributed by atoms with van der Waals surface area (Å²) in [5.41, 5.74) is 8.87. The van der Waals surface area contributed by atoms with Gasteiger partial charge in [0.1, 0.15) is 0 Å². The predicted octanol–water partition coefficient (Wildman–Crippen LogP) is 3.56. The lowest BCUT2D eigenvalue weighted by Gasteiger charge is -2.32. The van der Waals surface area contributed by atoms with Gasteiger partial charge in [0.25, 0.3) is 0 Å². The zero-order chi connectivity index (χ0) is 10.1. The van der Waals surface area contributed by atoms with Gasteiger partial charge in [-0.25, -0.2) is 0 Å². The molecule has 1 fully saturated rings. The van der Waals surface area contributed by atoms with Crippen molar-refractivity contribution in [1.29, 1.82) is 0 Å². The fraction of sp³-hybridized carbons (Fsp3) is 0.500. The lowest BCUT2D eigenvalue weighted by atomic mass is 9.77. The van der Waals surface area contributed by atoms with Crippen molar-refractivity contribution in [2.45, 2.75) is 32.2 Å². The molecule has 1 aliphatic carbocycles. The molecule has 0 aliphatic heterocycles. The molecule has 1 aromatic rings. The average molecular weight is 254 g/mol. The second-order valence-corrected chi connectivity index (χ2v) is 5.13. The van der Waals surface area contributed by atoms with Crippen LogP contribution in [0, 0.1) is 12.8 Å². The van der Waals surface area contributed by atoms with Gasteiger partial charge in [-0.05, 0) is 48.9 Å². The standard InChI is InChI=1S/C12H16BrN/c1-8-5-6-10(13)7-11(8)12(14)9-3-2-4-9/h5-7,9,12H,2-4,14H2,1H3/t12-/m0/s1. The van der Waals surface area contributed by atoms with Gasteiger partial charge in [0.05, 0.1) is 0 Å². The molecule has 1 nitrogen and oxygen atoms in total. The van der Waals surface area contributed by atoms with Gasteiger partial charge < -0.3 is 5.73 Å². The molecule has 0 unspecified atom stereocenters. The molecule has 1 saturated carbocycles. The molecule has 0 spiro atoms. The number of hydrogen-bond acceptors (Lipinski definition) is 1. The summed E-state index contributed by atoms with van der Waals surface area (Å²) in [7, 11) is 0. The number of halogens is 1. The molecule has 2 heteroatoms. The highest BCUT2D eigenvalue weighted by molar-refractivity contribution is 9.10. The minimum absolute atomic E-state index is 0.237. The van der Waals surface area contributed by atoms with E-state index in [-0.39, 0.29) is 6.04 Å². The van der Waals surface area contributed by atoms with Gasteiger partial charge in [-0.3, -0.25) is 0 Å². The molecule has 2 N–H and O–H groups in total. The molecule has 1 atom stereocenters. The molecule has 2 rings (SSSR count). The Bertz CT molecular complexity index is 331. The normalized spacial score (nSPS) is 19.1. The zero-order valence-corrected chi connectivity index (χ0v) is 10.0. The first-order valence-corrected chi connectivity index (χ1v) is 5.99. The van der Waals surface area contributed by atoms with Gasteiger partial charge in [-0.1, -0.05) is 28.4 Å². The third-order valence-electron chi connectivity index (χ3n) is 3.26. The zero-order valence-electron chi connectivity index (χ0n) is 8.46. The number of nitrogens with two attached hydrogens (primary N) is 1. The number of benzene rings is 1. The summed E-state index contributed by atoms with van der Waals surface area (Å²) in [4.78, 5) is 0. The highest BCUT2D eigenvalue weighted by Gasteiger charge is 2.26. The minimum Gasteiger partial charge on any atom is -0.324 e. The number of rotatable bonds is 2. The van der Waals surface area contributed by atoms with Gasteiger partial charge >= 0.3 is 0 Å². The first-order chi connectivity index (χ1) is 6.68. The van der Waals surface area contributed by atoms with E-state index in [2.05, 4.69) is 41.1 Å². The van der Waals surface area contributed by atoms with Crippen molar-refractivity contribution in [1.82, 2.24) is 0 Å². The van der Waals surface area contributed by atoms with Gasteiger partial charge in [-0.15, -0.1) is 0 Å². The first-order valence-electron chi connectivity index (χ1n) is 5.20. The van der Waals surface area contributed by atoms with Crippen LogP contribution in [0.3, 0.4) is 0 Å². The van der Waals surface area contributed by atoms with Crippen LogP contribution < -0.4 is 5.73 Å². The van der Waals surface area contributed by atoms with Gasteiger partial charge in [0, 0.05) is 10.5 Å². The summed E-state index contributed by atoms with van der Waals surface area (Å²) in [6, 6.07) is 6.61. The van der Waals surface area contributed by atoms with Crippen LogP contribution in [-0.2, 0) is 0 Å². The highest BCUT2D eigenvalue weighted by atomic mass is 79.9. The Hall–Kier alpha value is -0.340. The van der Waals surface area contributed by atoms with Gasteiger partial charge in [0.15, 0.2) is 0 Å². The molecule has 1 aromatic carbocycles. The van der Waals surface area contributed by atoms with E-state index in [1.54, 1.807) is 0 Å². The number of aryl methyl sites for hydroxylation is 1. The van der Waals surface area contributed by atoms with Crippen LogP contribution >= 0.6 is 15.9 Å². The number of hydrogen-bond donors (Lipinski definition) is 1. The monoisotopic (exact) mass is 253 g/mol. The average Bonchev–Trinajstić information content (AvgIpc) is 2.06. The summed E-state index contributed by atoms with van der Waals surface area (Å²) in [6.45, 7) is 2.14. The lowest BCUT2D eigenvalue weighted by Crippen LogP contribution is -2.27. The van der Waals surface area contributed by atoms with E-state index < -0.39 is 0 Å². The second-order valence-electron chi connectivity index (χ2n) is 4.22. The van der Waals surface area contributed by atoms with Crippen LogP contribution in [0.2, 0.25) is 0 Å². The molecule has 0 heterocycles. The fourth-order valence-corrected chi connectivity index (χ4v) is 2.40. The third-order valence-corrected chi connectivity index (χ3v) is 3.75. The smallest absolute Gasteiger partial charge is 0.0326 e. The molecule has 0 radical (unpaired) electrons. The quantitative estimate of drug-likeness (QED) is 0.858. The lowest BCUT2D eigenvalue weighted by molar-refractivity contribution is 0.264. The molecule has 1 aliphatic rings. The fourth-order valence-electron chi connectivity index (χ4n) is 2.02. The maximum atomic E-state index is 6.25. The van der Waals surface area contributed by atoms with Crippen molar-refractivity contribution in [3.8, 4) is 0 Å². The van der Waals surface area contributed by atoms with Gasteiger partial charge in [0.2, 0.25) is 0 Å². The van der Waals surface area contributed by atoms with Crippen LogP contribution in [0.15, 0.2) is 22.7 Å². The van der Waals surface area contributed by atoms with E-state index in [1.807, 2.05) is 0 Å². The Kier molecular flexibility index (Phi) is 2.93. The highest BCUT2D eigenvalue weighted by Crippen LogP contribution is 2.37. The van der Waals surface area contributed by atoms with E-state index in [0.29, 0.717) is 5.92 Å². The maximum Gasteiger partial charge on any atom is 0.0326 e. The minimum atomic E-state index is 0.237. The Morgan fingerprint density at radius 3 is 2.71 bits per heavy atom. The van der Waals surface area contributed by atoms with Gasteiger partial charge in [-0.2, -0.15) is 0 Å². The van der Waals surface area contributed by atoms with Crippen molar-refractivity contribution in [3.05, 3.63) is 33.8 Å². The predicted molar refractivity (Wildman–Crippen MR) is 63.1 cm³/mol. The van der Waals surface area contributed by atoms with Crippen LogP contribution in [0.5, 0.6) is 0 Å². The largest absolute Gasteiger partial charge is 0.324 e. The molecule has 0 amide bonds. The summed E-state index contributed by atoms with van der Waals surface area (Å²) >= 11 is 3.50. The molecular weight excluding hydrogens is 238 g/mol. The summed E-state index contributed by atoms with van der Waals surface area (Å²) in [5.74, 6) is 0.711. The van der Waals surface area contributed by atoms with E-state index in [9.17, 15) is 0 Å². The summed E-state index contributed by atoms with van der Waals surface area (Å²) < 4.78 is 1.13. The molecule has 0 aromatic heterocycles. The maximum absolute atomic E-state index is 6.25. The van der Waals surface area contributed by atoms with Crippen LogP contribution in [-0.4, -0.2) is 0 Å². The van der Waals surface area contributed by atoms with Crippen molar-refractivity contribution in [2.75, 3.05) is 0 Å². The van der Waals surface area contributed by atoms with E-state index in [1.165, 1.54) is 30.4 Å². The Morgan fingerprint density at radius 2 is 2.14 bits per heavy atom. The Morgan fingerprint density at radius 1 is 1.43 bits per heavy atom. The Labute approximate surface area is 93.8 Å². The third kappa shape index (κ3) is 1.86.